The largest absolute Gasteiger partial charge is 0.492 e. The molecule has 1 N–H and O–H groups in total. The third-order valence-corrected chi connectivity index (χ3v) is 4.01. The van der Waals surface area contributed by atoms with Gasteiger partial charge in [0.25, 0.3) is 0 Å². The van der Waals surface area contributed by atoms with Crippen molar-refractivity contribution in [3.05, 3.63) is 29.8 Å². The molecule has 0 aliphatic carbocycles. The van der Waals surface area contributed by atoms with E-state index in [0.29, 0.717) is 6.04 Å². The summed E-state index contributed by atoms with van der Waals surface area (Å²) in [6.07, 6.45) is 4.07. The standard InChI is InChI=1S/C17H28N2O/c1-3-18-15(2)16-9-5-6-10-17(16)20-14-13-19-11-7-4-8-12-19/h5-6,9-10,15,18H,3-4,7-8,11-14H2,1-2H3. The number of rotatable bonds is 7. The topological polar surface area (TPSA) is 24.5 Å². The van der Waals surface area contributed by atoms with Crippen molar-refractivity contribution in [3.8, 4) is 5.75 Å². The van der Waals surface area contributed by atoms with Gasteiger partial charge in [-0.25, -0.2) is 0 Å². The Balaban J connectivity index is 1.85. The first-order chi connectivity index (χ1) is 9.81. The van der Waals surface area contributed by atoms with Crippen LogP contribution in [0.2, 0.25) is 0 Å². The van der Waals surface area contributed by atoms with Gasteiger partial charge in [-0.1, -0.05) is 31.5 Å². The molecule has 1 heterocycles. The molecule has 1 fully saturated rings. The van der Waals surface area contributed by atoms with Gasteiger partial charge in [-0.3, -0.25) is 4.90 Å². The summed E-state index contributed by atoms with van der Waals surface area (Å²) in [5.41, 5.74) is 1.26. The Hall–Kier alpha value is -1.06. The molecular weight excluding hydrogens is 248 g/mol. The molecule has 0 aromatic heterocycles. The lowest BCUT2D eigenvalue weighted by Crippen LogP contribution is -2.33. The summed E-state index contributed by atoms with van der Waals surface area (Å²) in [7, 11) is 0. The highest BCUT2D eigenvalue weighted by Gasteiger charge is 2.12. The maximum atomic E-state index is 6.03. The van der Waals surface area contributed by atoms with E-state index in [1.807, 2.05) is 0 Å². The smallest absolute Gasteiger partial charge is 0.124 e. The molecule has 3 nitrogen and oxygen atoms in total. The number of benzene rings is 1. The van der Waals surface area contributed by atoms with Crippen LogP contribution in [0.15, 0.2) is 24.3 Å². The molecule has 1 aliphatic heterocycles. The summed E-state index contributed by atoms with van der Waals surface area (Å²) >= 11 is 0. The van der Waals surface area contributed by atoms with Crippen LogP contribution in [0.25, 0.3) is 0 Å². The van der Waals surface area contributed by atoms with Gasteiger partial charge in [0.15, 0.2) is 0 Å². The van der Waals surface area contributed by atoms with E-state index in [1.54, 1.807) is 0 Å². The summed E-state index contributed by atoms with van der Waals surface area (Å²) in [6.45, 7) is 9.60. The molecule has 0 spiro atoms. The van der Waals surface area contributed by atoms with Gasteiger partial charge in [0, 0.05) is 18.2 Å². The van der Waals surface area contributed by atoms with Crippen LogP contribution in [-0.4, -0.2) is 37.7 Å². The fourth-order valence-corrected chi connectivity index (χ4v) is 2.85. The van der Waals surface area contributed by atoms with E-state index in [-0.39, 0.29) is 0 Å². The van der Waals surface area contributed by atoms with Crippen LogP contribution >= 0.6 is 0 Å². The monoisotopic (exact) mass is 276 g/mol. The molecule has 112 valence electrons. The van der Waals surface area contributed by atoms with Gasteiger partial charge in [-0.2, -0.15) is 0 Å². The van der Waals surface area contributed by atoms with Crippen LogP contribution in [0.4, 0.5) is 0 Å². The second kappa shape index (κ2) is 8.28. The molecule has 2 rings (SSSR count). The highest BCUT2D eigenvalue weighted by molar-refractivity contribution is 5.35. The van der Waals surface area contributed by atoms with Gasteiger partial charge in [-0.15, -0.1) is 0 Å². The number of ether oxygens (including phenoxy) is 1. The number of hydrogen-bond donors (Lipinski definition) is 1. The average Bonchev–Trinajstić information content (AvgIpc) is 2.49. The summed E-state index contributed by atoms with van der Waals surface area (Å²) in [5, 5.41) is 3.45. The van der Waals surface area contributed by atoms with E-state index in [0.717, 1.165) is 25.4 Å². The fraction of sp³-hybridized carbons (Fsp3) is 0.647. The minimum Gasteiger partial charge on any atom is -0.492 e. The molecule has 0 amide bonds. The molecule has 0 bridgehead atoms. The van der Waals surface area contributed by atoms with Crippen molar-refractivity contribution in [2.45, 2.75) is 39.2 Å². The summed E-state index contributed by atoms with van der Waals surface area (Å²) < 4.78 is 6.03. The van der Waals surface area contributed by atoms with E-state index >= 15 is 0 Å². The Morgan fingerprint density at radius 3 is 2.70 bits per heavy atom. The maximum absolute atomic E-state index is 6.03. The van der Waals surface area contributed by atoms with Crippen molar-refractivity contribution < 1.29 is 4.74 Å². The zero-order valence-electron chi connectivity index (χ0n) is 12.9. The Morgan fingerprint density at radius 1 is 1.20 bits per heavy atom. The number of nitrogens with one attached hydrogen (secondary N) is 1. The Bertz CT molecular complexity index is 388. The fourth-order valence-electron chi connectivity index (χ4n) is 2.85. The van der Waals surface area contributed by atoms with Gasteiger partial charge in [-0.05, 0) is 45.5 Å². The van der Waals surface area contributed by atoms with Crippen LogP contribution < -0.4 is 10.1 Å². The van der Waals surface area contributed by atoms with Crippen LogP contribution in [0.5, 0.6) is 5.75 Å². The molecule has 1 unspecified atom stereocenters. The molecule has 1 atom stereocenters. The first-order valence-corrected chi connectivity index (χ1v) is 7.98. The molecule has 1 aromatic rings. The zero-order valence-corrected chi connectivity index (χ0v) is 12.9. The molecule has 0 radical (unpaired) electrons. The Kier molecular flexibility index (Phi) is 6.34. The molecule has 1 aliphatic rings. The minimum absolute atomic E-state index is 0.339. The van der Waals surface area contributed by atoms with Gasteiger partial charge in [0.2, 0.25) is 0 Å². The van der Waals surface area contributed by atoms with Gasteiger partial charge in [0.05, 0.1) is 0 Å². The second-order valence-electron chi connectivity index (χ2n) is 5.57. The number of nitrogens with zero attached hydrogens (tertiary/aromatic N) is 1. The molecule has 1 saturated heterocycles. The van der Waals surface area contributed by atoms with Crippen molar-refractivity contribution in [1.29, 1.82) is 0 Å². The number of piperidine rings is 1. The van der Waals surface area contributed by atoms with E-state index in [2.05, 4.69) is 48.3 Å². The van der Waals surface area contributed by atoms with E-state index < -0.39 is 0 Å². The summed E-state index contributed by atoms with van der Waals surface area (Å²) in [6, 6.07) is 8.72. The lowest BCUT2D eigenvalue weighted by atomic mass is 10.1. The van der Waals surface area contributed by atoms with E-state index in [4.69, 9.17) is 4.74 Å². The van der Waals surface area contributed by atoms with Gasteiger partial charge >= 0.3 is 0 Å². The zero-order chi connectivity index (χ0) is 14.2. The normalized spacial score (nSPS) is 17.9. The predicted molar refractivity (Wildman–Crippen MR) is 84.3 cm³/mol. The summed E-state index contributed by atoms with van der Waals surface area (Å²) in [5.74, 6) is 1.03. The molecule has 0 saturated carbocycles. The van der Waals surface area contributed by atoms with Crippen molar-refractivity contribution in [1.82, 2.24) is 10.2 Å². The second-order valence-corrected chi connectivity index (χ2v) is 5.57. The van der Waals surface area contributed by atoms with Crippen molar-refractivity contribution >= 4 is 0 Å². The summed E-state index contributed by atoms with van der Waals surface area (Å²) in [4.78, 5) is 2.51. The number of likely N-dealkylation sites (tertiary alicyclic amines) is 1. The first kappa shape index (κ1) is 15.3. The predicted octanol–water partition coefficient (Wildman–Crippen LogP) is 3.22. The molecule has 20 heavy (non-hydrogen) atoms. The lowest BCUT2D eigenvalue weighted by Gasteiger charge is -2.26. The Morgan fingerprint density at radius 2 is 1.95 bits per heavy atom. The van der Waals surface area contributed by atoms with Crippen LogP contribution in [0, 0.1) is 0 Å². The van der Waals surface area contributed by atoms with Crippen molar-refractivity contribution in [2.24, 2.45) is 0 Å². The van der Waals surface area contributed by atoms with Crippen LogP contribution in [0.3, 0.4) is 0 Å². The van der Waals surface area contributed by atoms with Gasteiger partial charge in [0.1, 0.15) is 12.4 Å². The third-order valence-electron chi connectivity index (χ3n) is 4.01. The minimum atomic E-state index is 0.339. The highest BCUT2D eigenvalue weighted by Crippen LogP contribution is 2.24. The highest BCUT2D eigenvalue weighted by atomic mass is 16.5. The first-order valence-electron chi connectivity index (χ1n) is 7.98. The van der Waals surface area contributed by atoms with Crippen LogP contribution in [-0.2, 0) is 0 Å². The number of para-hydroxylation sites is 1. The van der Waals surface area contributed by atoms with Crippen LogP contribution in [0.1, 0.15) is 44.7 Å². The van der Waals surface area contributed by atoms with Crippen molar-refractivity contribution in [3.63, 3.8) is 0 Å². The van der Waals surface area contributed by atoms with Crippen molar-refractivity contribution in [2.75, 3.05) is 32.8 Å². The van der Waals surface area contributed by atoms with Gasteiger partial charge < -0.3 is 10.1 Å². The average molecular weight is 276 g/mol. The number of hydrogen-bond acceptors (Lipinski definition) is 3. The molecular formula is C17H28N2O. The molecule has 3 heteroatoms. The lowest BCUT2D eigenvalue weighted by molar-refractivity contribution is 0.182. The molecule has 1 aromatic carbocycles. The maximum Gasteiger partial charge on any atom is 0.124 e. The van der Waals surface area contributed by atoms with E-state index in [1.165, 1.54) is 37.9 Å². The third kappa shape index (κ3) is 4.50. The Labute approximate surface area is 123 Å². The van der Waals surface area contributed by atoms with E-state index in [9.17, 15) is 0 Å². The SMILES string of the molecule is CCNC(C)c1ccccc1OCCN1CCCCC1. The quantitative estimate of drug-likeness (QED) is 0.827.